The molecule has 1 N–H and O–H groups in total. The third-order valence-corrected chi connectivity index (χ3v) is 9.15. The normalized spacial score (nSPS) is 11.9. The van der Waals surface area contributed by atoms with Crippen molar-refractivity contribution in [3.63, 3.8) is 0 Å². The van der Waals surface area contributed by atoms with Crippen LogP contribution in [-0.2, 0) is 32.6 Å². The predicted octanol–water partition coefficient (Wildman–Crippen LogP) is 6.07. The molecule has 0 aliphatic heterocycles. The van der Waals surface area contributed by atoms with Crippen molar-refractivity contribution in [2.24, 2.45) is 0 Å². The predicted molar refractivity (Wildman–Crippen MR) is 170 cm³/mol. The first kappa shape index (κ1) is 31.3. The van der Waals surface area contributed by atoms with Gasteiger partial charge in [-0.2, -0.15) is 0 Å². The standard InChI is InChI=1S/C32H31BrClN3O4S/c1-2-35-32(39)30(20-24-10-5-3-6-11-24)36(22-25-16-18-26(33)19-17-25)31(38)23-37(28-13-9-12-27(34)21-28)42(40,41)29-14-7-4-8-15-29/h3-19,21,30H,2,20,22-23H2,1H3,(H,35,39)/t30-/m0/s1. The average molecular weight is 669 g/mol. The Morgan fingerprint density at radius 2 is 1.50 bits per heavy atom. The highest BCUT2D eigenvalue weighted by Crippen LogP contribution is 2.27. The minimum atomic E-state index is -4.17. The highest BCUT2D eigenvalue weighted by Gasteiger charge is 2.34. The van der Waals surface area contributed by atoms with E-state index in [9.17, 15) is 18.0 Å². The maximum absolute atomic E-state index is 14.3. The molecule has 0 saturated carbocycles. The number of benzene rings is 4. The summed E-state index contributed by atoms with van der Waals surface area (Å²) in [5.74, 6) is -0.864. The Morgan fingerprint density at radius 3 is 2.12 bits per heavy atom. The summed E-state index contributed by atoms with van der Waals surface area (Å²) >= 11 is 9.68. The van der Waals surface area contributed by atoms with E-state index in [0.717, 1.165) is 19.9 Å². The first-order valence-corrected chi connectivity index (χ1v) is 16.0. The summed E-state index contributed by atoms with van der Waals surface area (Å²) in [5, 5.41) is 3.18. The molecule has 0 unspecified atom stereocenters. The molecule has 4 aromatic rings. The van der Waals surface area contributed by atoms with Gasteiger partial charge in [0.1, 0.15) is 12.6 Å². The van der Waals surface area contributed by atoms with Gasteiger partial charge in [-0.15, -0.1) is 0 Å². The van der Waals surface area contributed by atoms with Crippen molar-refractivity contribution < 1.29 is 18.0 Å². The third kappa shape index (κ3) is 8.00. The van der Waals surface area contributed by atoms with Crippen LogP contribution < -0.4 is 9.62 Å². The monoisotopic (exact) mass is 667 g/mol. The van der Waals surface area contributed by atoms with Crippen LogP contribution in [0.1, 0.15) is 18.1 Å². The maximum Gasteiger partial charge on any atom is 0.264 e. The van der Waals surface area contributed by atoms with E-state index in [-0.39, 0.29) is 29.5 Å². The van der Waals surface area contributed by atoms with Crippen molar-refractivity contribution in [1.29, 1.82) is 0 Å². The molecule has 7 nitrogen and oxygen atoms in total. The number of likely N-dealkylation sites (N-methyl/N-ethyl adjacent to an activating group) is 1. The van der Waals surface area contributed by atoms with Crippen LogP contribution in [0.2, 0.25) is 5.02 Å². The highest BCUT2D eigenvalue weighted by atomic mass is 79.9. The number of nitrogens with one attached hydrogen (secondary N) is 1. The molecule has 0 aliphatic rings. The van der Waals surface area contributed by atoms with Crippen LogP contribution in [0.25, 0.3) is 0 Å². The van der Waals surface area contributed by atoms with Gasteiger partial charge in [-0.05, 0) is 60.5 Å². The number of carbonyl (C=O) groups is 2. The molecule has 0 saturated heterocycles. The summed E-state index contributed by atoms with van der Waals surface area (Å²) in [5.41, 5.74) is 1.89. The molecule has 0 bridgehead atoms. The van der Waals surface area contributed by atoms with E-state index in [4.69, 9.17) is 11.6 Å². The Labute approximate surface area is 260 Å². The highest BCUT2D eigenvalue weighted by molar-refractivity contribution is 9.10. The molecule has 0 aromatic heterocycles. The number of hydrogen-bond acceptors (Lipinski definition) is 4. The second-order valence-corrected chi connectivity index (χ2v) is 12.8. The van der Waals surface area contributed by atoms with Crippen LogP contribution in [0.5, 0.6) is 0 Å². The number of anilines is 1. The number of rotatable bonds is 12. The van der Waals surface area contributed by atoms with E-state index in [1.807, 2.05) is 61.5 Å². The van der Waals surface area contributed by atoms with E-state index < -0.39 is 28.5 Å². The molecule has 218 valence electrons. The van der Waals surface area contributed by atoms with Crippen LogP contribution in [0, 0.1) is 0 Å². The van der Waals surface area contributed by atoms with Crippen molar-refractivity contribution in [1.82, 2.24) is 10.2 Å². The minimum absolute atomic E-state index is 0.0294. The van der Waals surface area contributed by atoms with E-state index in [1.165, 1.54) is 23.1 Å². The zero-order chi connectivity index (χ0) is 30.1. The van der Waals surface area contributed by atoms with Crippen molar-refractivity contribution >= 4 is 55.1 Å². The number of hydrogen-bond donors (Lipinski definition) is 1. The molecule has 2 amide bonds. The lowest BCUT2D eigenvalue weighted by Crippen LogP contribution is -2.53. The molecule has 0 fully saturated rings. The van der Waals surface area contributed by atoms with Gasteiger partial charge in [0.25, 0.3) is 10.0 Å². The van der Waals surface area contributed by atoms with Crippen LogP contribution in [0.3, 0.4) is 0 Å². The average Bonchev–Trinajstić information content (AvgIpc) is 2.99. The Kier molecular flexibility index (Phi) is 10.8. The van der Waals surface area contributed by atoms with Crippen LogP contribution in [-0.4, -0.2) is 44.3 Å². The summed E-state index contributed by atoms with van der Waals surface area (Å²) in [6.45, 7) is 1.74. The summed E-state index contributed by atoms with van der Waals surface area (Å²) in [6, 6.07) is 30.2. The Bertz CT molecular complexity index is 1600. The maximum atomic E-state index is 14.3. The number of sulfonamides is 1. The number of nitrogens with zero attached hydrogens (tertiary/aromatic N) is 2. The fourth-order valence-electron chi connectivity index (χ4n) is 4.51. The van der Waals surface area contributed by atoms with Gasteiger partial charge in [0.15, 0.2) is 0 Å². The molecule has 0 spiro atoms. The Hall–Kier alpha value is -3.66. The van der Waals surface area contributed by atoms with E-state index >= 15 is 0 Å². The van der Waals surface area contributed by atoms with Gasteiger partial charge in [-0.25, -0.2) is 8.42 Å². The zero-order valence-electron chi connectivity index (χ0n) is 23.0. The van der Waals surface area contributed by atoms with Crippen molar-refractivity contribution in [3.8, 4) is 0 Å². The lowest BCUT2D eigenvalue weighted by molar-refractivity contribution is -0.140. The fourth-order valence-corrected chi connectivity index (χ4v) is 6.39. The van der Waals surface area contributed by atoms with Gasteiger partial charge >= 0.3 is 0 Å². The van der Waals surface area contributed by atoms with Crippen molar-refractivity contribution in [2.45, 2.75) is 30.8 Å². The van der Waals surface area contributed by atoms with E-state index in [1.54, 1.807) is 36.4 Å². The van der Waals surface area contributed by atoms with Gasteiger partial charge < -0.3 is 10.2 Å². The molecule has 0 heterocycles. The van der Waals surface area contributed by atoms with Crippen LogP contribution in [0.15, 0.2) is 119 Å². The van der Waals surface area contributed by atoms with Gasteiger partial charge in [-0.3, -0.25) is 13.9 Å². The van der Waals surface area contributed by atoms with Crippen LogP contribution in [0.4, 0.5) is 5.69 Å². The SMILES string of the molecule is CCNC(=O)[C@H](Cc1ccccc1)N(Cc1ccc(Br)cc1)C(=O)CN(c1cccc(Cl)c1)S(=O)(=O)c1ccccc1. The van der Waals surface area contributed by atoms with Gasteiger partial charge in [0.05, 0.1) is 10.6 Å². The first-order valence-electron chi connectivity index (χ1n) is 13.4. The quantitative estimate of drug-likeness (QED) is 0.199. The molecule has 4 aromatic carbocycles. The van der Waals surface area contributed by atoms with Gasteiger partial charge in [0.2, 0.25) is 11.8 Å². The molecule has 1 atom stereocenters. The molecule has 0 radical (unpaired) electrons. The summed E-state index contributed by atoms with van der Waals surface area (Å²) in [7, 11) is -4.17. The number of halogens is 2. The smallest absolute Gasteiger partial charge is 0.264 e. The fraction of sp³-hybridized carbons (Fsp3) is 0.188. The molecular weight excluding hydrogens is 638 g/mol. The summed E-state index contributed by atoms with van der Waals surface area (Å²) in [4.78, 5) is 29.3. The van der Waals surface area contributed by atoms with Gasteiger partial charge in [-0.1, -0.05) is 94.3 Å². The largest absolute Gasteiger partial charge is 0.355 e. The zero-order valence-corrected chi connectivity index (χ0v) is 26.1. The first-order chi connectivity index (χ1) is 20.2. The number of carbonyl (C=O) groups excluding carboxylic acids is 2. The minimum Gasteiger partial charge on any atom is -0.355 e. The van der Waals surface area contributed by atoms with E-state index in [0.29, 0.717) is 11.6 Å². The van der Waals surface area contributed by atoms with Crippen molar-refractivity contribution in [2.75, 3.05) is 17.4 Å². The number of amides is 2. The topological polar surface area (TPSA) is 86.8 Å². The summed E-state index contributed by atoms with van der Waals surface area (Å²) in [6.07, 6.45) is 0.248. The second-order valence-electron chi connectivity index (χ2n) is 9.55. The van der Waals surface area contributed by atoms with Gasteiger partial charge in [0, 0.05) is 29.0 Å². The molecule has 0 aliphatic carbocycles. The molecule has 42 heavy (non-hydrogen) atoms. The Balaban J connectivity index is 1.78. The lowest BCUT2D eigenvalue weighted by atomic mass is 10.0. The second kappa shape index (κ2) is 14.5. The Morgan fingerprint density at radius 1 is 0.857 bits per heavy atom. The summed E-state index contributed by atoms with van der Waals surface area (Å²) < 4.78 is 29.8. The third-order valence-electron chi connectivity index (χ3n) is 6.59. The lowest BCUT2D eigenvalue weighted by Gasteiger charge is -2.34. The molecule has 4 rings (SSSR count). The molecular formula is C32H31BrClN3O4S. The van der Waals surface area contributed by atoms with Crippen LogP contribution >= 0.6 is 27.5 Å². The van der Waals surface area contributed by atoms with Crippen molar-refractivity contribution in [3.05, 3.63) is 130 Å². The molecule has 10 heteroatoms. The van der Waals surface area contributed by atoms with E-state index in [2.05, 4.69) is 21.2 Å².